The Morgan fingerprint density at radius 2 is 2.24 bits per heavy atom. The van der Waals surface area contributed by atoms with Crippen LogP contribution in [0.4, 0.5) is 0 Å². The smallest absolute Gasteiger partial charge is 0.232 e. The molecule has 0 spiro atoms. The van der Waals surface area contributed by atoms with Gasteiger partial charge in [0.1, 0.15) is 5.76 Å². The first-order valence-electron chi connectivity index (χ1n) is 5.69. The van der Waals surface area contributed by atoms with Crippen molar-refractivity contribution in [1.82, 2.24) is 10.1 Å². The van der Waals surface area contributed by atoms with Gasteiger partial charge < -0.3 is 14.0 Å². The number of aliphatic hydroxyl groups is 1. The van der Waals surface area contributed by atoms with Gasteiger partial charge in [-0.25, -0.2) is 0 Å². The van der Waals surface area contributed by atoms with E-state index >= 15 is 0 Å². The molecular weight excluding hydrogens is 220 g/mol. The average Bonchev–Trinajstić information content (AvgIpc) is 2.95. The Hall–Kier alpha value is -1.62. The van der Waals surface area contributed by atoms with Gasteiger partial charge in [0.2, 0.25) is 11.7 Å². The molecule has 2 aromatic rings. The molecule has 92 valence electrons. The maximum absolute atomic E-state index is 9.73. The van der Waals surface area contributed by atoms with Gasteiger partial charge in [-0.15, -0.1) is 0 Å². The van der Waals surface area contributed by atoms with Gasteiger partial charge in [0.05, 0.1) is 23.8 Å². The average molecular weight is 236 g/mol. The summed E-state index contributed by atoms with van der Waals surface area (Å²) in [6.45, 7) is 5.63. The molecule has 0 radical (unpaired) electrons. The third kappa shape index (κ3) is 2.24. The molecule has 17 heavy (non-hydrogen) atoms. The maximum Gasteiger partial charge on any atom is 0.232 e. The van der Waals surface area contributed by atoms with Gasteiger partial charge in [-0.3, -0.25) is 0 Å². The summed E-state index contributed by atoms with van der Waals surface area (Å²) in [5.41, 5.74) is 0.818. The van der Waals surface area contributed by atoms with Crippen molar-refractivity contribution >= 4 is 0 Å². The Bertz CT molecular complexity index is 489. The second kappa shape index (κ2) is 4.71. The number of furan rings is 1. The minimum Gasteiger partial charge on any atom is -0.469 e. The molecule has 0 aromatic carbocycles. The fourth-order valence-corrected chi connectivity index (χ4v) is 1.66. The van der Waals surface area contributed by atoms with E-state index in [-0.39, 0.29) is 5.92 Å². The van der Waals surface area contributed by atoms with Crippen molar-refractivity contribution in [2.45, 2.75) is 39.2 Å². The van der Waals surface area contributed by atoms with Gasteiger partial charge in [0.15, 0.2) is 0 Å². The highest BCUT2D eigenvalue weighted by molar-refractivity contribution is 5.56. The SMILES string of the molecule is CCC(O)C(C)c1nc(-c2ccoc2C)no1. The van der Waals surface area contributed by atoms with E-state index in [0.29, 0.717) is 18.1 Å². The van der Waals surface area contributed by atoms with Crippen molar-refractivity contribution in [3.63, 3.8) is 0 Å². The van der Waals surface area contributed by atoms with E-state index in [1.807, 2.05) is 20.8 Å². The van der Waals surface area contributed by atoms with Crippen LogP contribution in [-0.2, 0) is 0 Å². The topological polar surface area (TPSA) is 72.3 Å². The largest absolute Gasteiger partial charge is 0.469 e. The van der Waals surface area contributed by atoms with Gasteiger partial charge in [-0.1, -0.05) is 19.0 Å². The zero-order valence-electron chi connectivity index (χ0n) is 10.2. The third-order valence-electron chi connectivity index (χ3n) is 2.93. The number of aromatic nitrogens is 2. The lowest BCUT2D eigenvalue weighted by Crippen LogP contribution is -2.14. The second-order valence-corrected chi connectivity index (χ2v) is 4.11. The highest BCUT2D eigenvalue weighted by Gasteiger charge is 2.22. The van der Waals surface area contributed by atoms with Crippen LogP contribution in [0.3, 0.4) is 0 Å². The predicted molar refractivity (Wildman–Crippen MR) is 61.4 cm³/mol. The first kappa shape index (κ1) is 11.9. The van der Waals surface area contributed by atoms with Crippen LogP contribution in [0.15, 0.2) is 21.3 Å². The first-order chi connectivity index (χ1) is 8.13. The molecular formula is C12H16N2O3. The summed E-state index contributed by atoms with van der Waals surface area (Å²) >= 11 is 0. The number of aryl methyl sites for hydroxylation is 1. The number of aliphatic hydroxyl groups excluding tert-OH is 1. The van der Waals surface area contributed by atoms with E-state index in [0.717, 1.165) is 11.3 Å². The lowest BCUT2D eigenvalue weighted by molar-refractivity contribution is 0.129. The van der Waals surface area contributed by atoms with Crippen molar-refractivity contribution in [3.05, 3.63) is 24.0 Å². The molecule has 0 saturated heterocycles. The fourth-order valence-electron chi connectivity index (χ4n) is 1.66. The van der Waals surface area contributed by atoms with Crippen LogP contribution in [-0.4, -0.2) is 21.4 Å². The highest BCUT2D eigenvalue weighted by atomic mass is 16.5. The monoisotopic (exact) mass is 236 g/mol. The summed E-state index contributed by atoms with van der Waals surface area (Å²) in [6.07, 6.45) is 1.78. The molecule has 0 bridgehead atoms. The standard InChI is InChI=1S/C12H16N2O3/c1-4-10(15)7(2)12-13-11(14-17-12)9-5-6-16-8(9)3/h5-7,10,15H,4H2,1-3H3. The van der Waals surface area contributed by atoms with Gasteiger partial charge in [0, 0.05) is 0 Å². The van der Waals surface area contributed by atoms with Crippen molar-refractivity contribution in [2.75, 3.05) is 0 Å². The van der Waals surface area contributed by atoms with Crippen molar-refractivity contribution in [3.8, 4) is 11.4 Å². The molecule has 0 aliphatic rings. The molecule has 0 fully saturated rings. The maximum atomic E-state index is 9.73. The molecule has 2 aromatic heterocycles. The summed E-state index contributed by atoms with van der Waals surface area (Å²) in [5, 5.41) is 13.6. The Morgan fingerprint density at radius 3 is 2.82 bits per heavy atom. The van der Waals surface area contributed by atoms with Crippen LogP contribution in [0.5, 0.6) is 0 Å². The van der Waals surface area contributed by atoms with Gasteiger partial charge in [0.25, 0.3) is 0 Å². The predicted octanol–water partition coefficient (Wildman–Crippen LogP) is 2.51. The molecule has 5 heteroatoms. The van der Waals surface area contributed by atoms with E-state index in [2.05, 4.69) is 10.1 Å². The van der Waals surface area contributed by atoms with Crippen LogP contribution < -0.4 is 0 Å². The molecule has 0 aliphatic heterocycles. The zero-order chi connectivity index (χ0) is 12.4. The van der Waals surface area contributed by atoms with Crippen molar-refractivity contribution < 1.29 is 14.0 Å². The molecule has 0 amide bonds. The molecule has 0 aliphatic carbocycles. The first-order valence-corrected chi connectivity index (χ1v) is 5.69. The molecule has 2 atom stereocenters. The minimum absolute atomic E-state index is 0.159. The van der Waals surface area contributed by atoms with Crippen LogP contribution in [0.1, 0.15) is 37.8 Å². The second-order valence-electron chi connectivity index (χ2n) is 4.11. The van der Waals surface area contributed by atoms with Crippen LogP contribution in [0.25, 0.3) is 11.4 Å². The van der Waals surface area contributed by atoms with E-state index < -0.39 is 6.10 Å². The molecule has 5 nitrogen and oxygen atoms in total. The van der Waals surface area contributed by atoms with Crippen molar-refractivity contribution in [1.29, 1.82) is 0 Å². The van der Waals surface area contributed by atoms with E-state index in [1.54, 1.807) is 12.3 Å². The molecule has 2 unspecified atom stereocenters. The number of hydrogen-bond acceptors (Lipinski definition) is 5. The van der Waals surface area contributed by atoms with Gasteiger partial charge in [-0.05, 0) is 19.4 Å². The number of rotatable bonds is 4. The quantitative estimate of drug-likeness (QED) is 0.883. The zero-order valence-corrected chi connectivity index (χ0v) is 10.2. The Kier molecular flexibility index (Phi) is 3.28. The van der Waals surface area contributed by atoms with Crippen LogP contribution in [0, 0.1) is 6.92 Å². The fraction of sp³-hybridized carbons (Fsp3) is 0.500. The van der Waals surface area contributed by atoms with E-state index in [9.17, 15) is 5.11 Å². The summed E-state index contributed by atoms with van der Waals surface area (Å²) in [4.78, 5) is 4.28. The van der Waals surface area contributed by atoms with Gasteiger partial charge >= 0.3 is 0 Å². The normalized spacial score (nSPS) is 14.8. The highest BCUT2D eigenvalue weighted by Crippen LogP contribution is 2.25. The summed E-state index contributed by atoms with van der Waals surface area (Å²) < 4.78 is 10.4. The van der Waals surface area contributed by atoms with E-state index in [4.69, 9.17) is 8.94 Å². The lowest BCUT2D eigenvalue weighted by atomic mass is 10.0. The van der Waals surface area contributed by atoms with Crippen LogP contribution >= 0.6 is 0 Å². The summed E-state index contributed by atoms with van der Waals surface area (Å²) in [7, 11) is 0. The van der Waals surface area contributed by atoms with Gasteiger partial charge in [-0.2, -0.15) is 4.98 Å². The minimum atomic E-state index is -0.464. The third-order valence-corrected chi connectivity index (χ3v) is 2.93. The van der Waals surface area contributed by atoms with Crippen molar-refractivity contribution in [2.24, 2.45) is 0 Å². The Labute approximate surface area is 99.5 Å². The van der Waals surface area contributed by atoms with Crippen LogP contribution in [0.2, 0.25) is 0 Å². The lowest BCUT2D eigenvalue weighted by Gasteiger charge is -2.11. The Balaban J connectivity index is 2.25. The molecule has 2 rings (SSSR count). The summed E-state index contributed by atoms with van der Waals surface area (Å²) in [6, 6.07) is 1.80. The number of nitrogens with zero attached hydrogens (tertiary/aromatic N) is 2. The molecule has 1 N–H and O–H groups in total. The molecule has 0 saturated carbocycles. The van der Waals surface area contributed by atoms with E-state index in [1.165, 1.54) is 0 Å². The molecule has 2 heterocycles. The number of hydrogen-bond donors (Lipinski definition) is 1. The summed E-state index contributed by atoms with van der Waals surface area (Å²) in [5.74, 6) is 1.55. The Morgan fingerprint density at radius 1 is 1.47 bits per heavy atom.